The zero-order chi connectivity index (χ0) is 18.6. The van der Waals surface area contributed by atoms with E-state index in [9.17, 15) is 4.79 Å². The van der Waals surface area contributed by atoms with E-state index < -0.39 is 0 Å². The molecule has 0 aliphatic heterocycles. The molecule has 1 N–H and O–H groups in total. The summed E-state index contributed by atoms with van der Waals surface area (Å²) in [7, 11) is 0. The maximum Gasteiger partial charge on any atom is 0.257 e. The number of fused-ring (bicyclic) bond motifs is 1. The smallest absolute Gasteiger partial charge is 0.257 e. The van der Waals surface area contributed by atoms with Crippen LogP contribution in [0.3, 0.4) is 0 Å². The lowest BCUT2D eigenvalue weighted by Crippen LogP contribution is -2.12. The third-order valence-corrected chi connectivity index (χ3v) is 4.39. The highest BCUT2D eigenvalue weighted by Crippen LogP contribution is 2.25. The van der Waals surface area contributed by atoms with Crippen molar-refractivity contribution in [3.63, 3.8) is 0 Å². The average molecular weight is 385 g/mol. The molecular weight excluding hydrogens is 370 g/mol. The van der Waals surface area contributed by atoms with Gasteiger partial charge in [0.25, 0.3) is 5.22 Å². The largest absolute Gasteiger partial charge is 0.431 e. The number of oxazole rings is 1. The number of aryl methyl sites for hydroxylation is 2. The molecule has 0 unspecified atom stereocenters. The SMILES string of the molecule is Cc1cc(NC(=O)CCc2nc(CSc3nc4ccccc4o3)no2)no1. The number of benzene rings is 1. The molecule has 138 valence electrons. The molecule has 0 fully saturated rings. The van der Waals surface area contributed by atoms with Gasteiger partial charge in [-0.15, -0.1) is 0 Å². The van der Waals surface area contributed by atoms with Gasteiger partial charge in [0.2, 0.25) is 11.8 Å². The van der Waals surface area contributed by atoms with Crippen LogP contribution in [0.15, 0.2) is 49.0 Å². The number of amides is 1. The van der Waals surface area contributed by atoms with E-state index in [0.717, 1.165) is 11.1 Å². The molecule has 1 aromatic carbocycles. The van der Waals surface area contributed by atoms with Crippen LogP contribution in [0.1, 0.15) is 23.9 Å². The molecule has 0 atom stereocenters. The zero-order valence-corrected chi connectivity index (χ0v) is 15.2. The van der Waals surface area contributed by atoms with E-state index in [2.05, 4.69) is 25.6 Å². The molecule has 4 aromatic rings. The number of nitrogens with zero attached hydrogens (tertiary/aromatic N) is 4. The van der Waals surface area contributed by atoms with Crippen LogP contribution in [0.25, 0.3) is 11.1 Å². The van der Waals surface area contributed by atoms with Crippen LogP contribution in [0.4, 0.5) is 5.82 Å². The second kappa shape index (κ2) is 7.62. The van der Waals surface area contributed by atoms with E-state index in [4.69, 9.17) is 13.5 Å². The topological polar surface area (TPSA) is 120 Å². The number of aromatic nitrogens is 4. The quantitative estimate of drug-likeness (QED) is 0.477. The molecule has 1 amide bonds. The van der Waals surface area contributed by atoms with Crippen molar-refractivity contribution in [2.75, 3.05) is 5.32 Å². The standard InChI is InChI=1S/C17H15N5O4S/c1-10-8-13(21-25-10)19-15(23)6-7-16-20-14(22-26-16)9-27-17-18-11-4-2-3-5-12(11)24-17/h2-5,8H,6-7,9H2,1H3,(H,19,21,23). The highest BCUT2D eigenvalue weighted by molar-refractivity contribution is 7.98. The first-order valence-electron chi connectivity index (χ1n) is 8.19. The van der Waals surface area contributed by atoms with E-state index in [0.29, 0.717) is 40.7 Å². The fourth-order valence-corrected chi connectivity index (χ4v) is 3.02. The lowest BCUT2D eigenvalue weighted by molar-refractivity contribution is -0.116. The molecule has 0 saturated carbocycles. The molecule has 3 aromatic heterocycles. The van der Waals surface area contributed by atoms with Crippen molar-refractivity contribution in [1.29, 1.82) is 0 Å². The van der Waals surface area contributed by atoms with E-state index in [-0.39, 0.29) is 12.3 Å². The molecule has 0 aliphatic carbocycles. The number of hydrogen-bond acceptors (Lipinski definition) is 9. The Labute approximate surface area is 157 Å². The van der Waals surface area contributed by atoms with Crippen molar-refractivity contribution in [3.8, 4) is 0 Å². The molecule has 0 radical (unpaired) electrons. The van der Waals surface area contributed by atoms with Crippen LogP contribution in [0, 0.1) is 6.92 Å². The maximum absolute atomic E-state index is 11.9. The third-order valence-electron chi connectivity index (χ3n) is 3.57. The minimum atomic E-state index is -0.205. The summed E-state index contributed by atoms with van der Waals surface area (Å²) in [6, 6.07) is 9.20. The van der Waals surface area contributed by atoms with Gasteiger partial charge in [-0.3, -0.25) is 4.79 Å². The summed E-state index contributed by atoms with van der Waals surface area (Å²) in [6.45, 7) is 1.75. The van der Waals surface area contributed by atoms with Gasteiger partial charge in [-0.05, 0) is 19.1 Å². The number of nitrogens with one attached hydrogen (secondary N) is 1. The fourth-order valence-electron chi connectivity index (χ4n) is 2.34. The molecular formula is C17H15N5O4S. The zero-order valence-electron chi connectivity index (χ0n) is 14.3. The maximum atomic E-state index is 11.9. The number of para-hydroxylation sites is 2. The Morgan fingerprint density at radius 2 is 2.07 bits per heavy atom. The molecule has 0 aliphatic rings. The Bertz CT molecular complexity index is 1040. The number of anilines is 1. The average Bonchev–Trinajstić information content (AvgIpc) is 3.37. The van der Waals surface area contributed by atoms with Gasteiger partial charge in [0, 0.05) is 18.9 Å². The molecule has 10 heteroatoms. The van der Waals surface area contributed by atoms with Crippen LogP contribution in [-0.4, -0.2) is 26.2 Å². The van der Waals surface area contributed by atoms with Gasteiger partial charge in [0.05, 0.1) is 5.75 Å². The predicted octanol–water partition coefficient (Wildman–Crippen LogP) is 3.37. The highest BCUT2D eigenvalue weighted by Gasteiger charge is 2.12. The van der Waals surface area contributed by atoms with E-state index >= 15 is 0 Å². The minimum absolute atomic E-state index is 0.200. The Morgan fingerprint density at radius 3 is 2.89 bits per heavy atom. The normalized spacial score (nSPS) is 11.1. The predicted molar refractivity (Wildman–Crippen MR) is 96.1 cm³/mol. The van der Waals surface area contributed by atoms with Crippen molar-refractivity contribution < 1.29 is 18.3 Å². The summed E-state index contributed by atoms with van der Waals surface area (Å²) >= 11 is 1.38. The van der Waals surface area contributed by atoms with Crippen LogP contribution in [0.2, 0.25) is 0 Å². The first-order chi connectivity index (χ1) is 13.2. The number of hydrogen-bond donors (Lipinski definition) is 1. The van der Waals surface area contributed by atoms with Gasteiger partial charge in [0.1, 0.15) is 11.3 Å². The monoisotopic (exact) mass is 385 g/mol. The molecule has 9 nitrogen and oxygen atoms in total. The molecule has 27 heavy (non-hydrogen) atoms. The fraction of sp³-hybridized carbons (Fsp3) is 0.235. The van der Waals surface area contributed by atoms with E-state index in [1.165, 1.54) is 11.8 Å². The van der Waals surface area contributed by atoms with Crippen molar-refractivity contribution >= 4 is 34.6 Å². The van der Waals surface area contributed by atoms with Gasteiger partial charge in [-0.25, -0.2) is 4.98 Å². The third kappa shape index (κ3) is 4.34. The summed E-state index contributed by atoms with van der Waals surface area (Å²) in [4.78, 5) is 20.5. The van der Waals surface area contributed by atoms with Crippen molar-refractivity contribution in [3.05, 3.63) is 47.8 Å². The van der Waals surface area contributed by atoms with Crippen LogP contribution in [-0.2, 0) is 17.0 Å². The van der Waals surface area contributed by atoms with Crippen molar-refractivity contribution in [2.45, 2.75) is 30.7 Å². The molecule has 0 spiro atoms. The molecule has 0 saturated heterocycles. The number of rotatable bonds is 7. The Kier molecular flexibility index (Phi) is 4.88. The van der Waals surface area contributed by atoms with Crippen LogP contribution in [0.5, 0.6) is 0 Å². The molecule has 4 rings (SSSR count). The van der Waals surface area contributed by atoms with Gasteiger partial charge < -0.3 is 18.8 Å². The lowest BCUT2D eigenvalue weighted by Gasteiger charge is -1.98. The summed E-state index contributed by atoms with van der Waals surface area (Å²) in [5.74, 6) is 2.19. The summed E-state index contributed by atoms with van der Waals surface area (Å²) < 4.78 is 15.7. The first kappa shape index (κ1) is 17.3. The molecule has 3 heterocycles. The Balaban J connectivity index is 1.27. The van der Waals surface area contributed by atoms with E-state index in [1.807, 2.05) is 24.3 Å². The van der Waals surface area contributed by atoms with Crippen LogP contribution >= 0.6 is 11.8 Å². The molecule has 0 bridgehead atoms. The number of carbonyl (C=O) groups excluding carboxylic acids is 1. The highest BCUT2D eigenvalue weighted by atomic mass is 32.2. The van der Waals surface area contributed by atoms with Gasteiger partial charge in [-0.2, -0.15) is 4.98 Å². The Morgan fingerprint density at radius 1 is 1.19 bits per heavy atom. The van der Waals surface area contributed by atoms with Crippen molar-refractivity contribution in [1.82, 2.24) is 20.3 Å². The second-order valence-corrected chi connectivity index (χ2v) is 6.64. The van der Waals surface area contributed by atoms with Gasteiger partial charge >= 0.3 is 0 Å². The second-order valence-electron chi connectivity index (χ2n) is 5.71. The first-order valence-corrected chi connectivity index (χ1v) is 9.17. The Hall–Kier alpha value is -3.14. The van der Waals surface area contributed by atoms with Crippen LogP contribution < -0.4 is 5.32 Å². The van der Waals surface area contributed by atoms with Gasteiger partial charge in [0.15, 0.2) is 17.2 Å². The summed E-state index contributed by atoms with van der Waals surface area (Å²) in [6.07, 6.45) is 0.537. The lowest BCUT2D eigenvalue weighted by atomic mass is 10.3. The summed E-state index contributed by atoms with van der Waals surface area (Å²) in [5, 5.41) is 10.8. The van der Waals surface area contributed by atoms with Crippen molar-refractivity contribution in [2.24, 2.45) is 0 Å². The van der Waals surface area contributed by atoms with E-state index in [1.54, 1.807) is 13.0 Å². The number of thioether (sulfide) groups is 1. The number of carbonyl (C=O) groups is 1. The van der Waals surface area contributed by atoms with Gasteiger partial charge in [-0.1, -0.05) is 34.2 Å². The summed E-state index contributed by atoms with van der Waals surface area (Å²) in [5.41, 5.74) is 1.55. The minimum Gasteiger partial charge on any atom is -0.431 e.